The summed E-state index contributed by atoms with van der Waals surface area (Å²) < 4.78 is 2.50. The number of thiophene rings is 1. The lowest BCUT2D eigenvalue weighted by molar-refractivity contribution is 0.620. The van der Waals surface area contributed by atoms with Crippen molar-refractivity contribution < 1.29 is 0 Å². The largest absolute Gasteiger partial charge is 0.314 e. The van der Waals surface area contributed by atoms with Crippen LogP contribution in [0.3, 0.4) is 0 Å². The lowest BCUT2D eigenvalue weighted by Gasteiger charge is -2.02. The maximum absolute atomic E-state index is 3.59. The summed E-state index contributed by atoms with van der Waals surface area (Å²) in [5, 5.41) is 3.54. The first-order valence-corrected chi connectivity index (χ1v) is 7.83. The number of hydrogen-bond acceptors (Lipinski definition) is 2. The summed E-state index contributed by atoms with van der Waals surface area (Å²) in [5.74, 6) is 0. The third kappa shape index (κ3) is 4.17. The van der Waals surface area contributed by atoms with Crippen LogP contribution in [-0.4, -0.2) is 12.6 Å². The minimum Gasteiger partial charge on any atom is -0.314 e. The topological polar surface area (TPSA) is 12.0 Å². The fourth-order valence-corrected chi connectivity index (χ4v) is 4.49. The average Bonchev–Trinajstić information content (AvgIpc) is 2.94. The molecule has 1 aromatic heterocycles. The molecule has 0 aromatic carbocycles. The van der Waals surface area contributed by atoms with Crippen molar-refractivity contribution in [1.82, 2.24) is 5.32 Å². The molecule has 0 spiro atoms. The molecule has 1 nitrogen and oxygen atoms in total. The van der Waals surface area contributed by atoms with E-state index in [1.165, 1.54) is 51.8 Å². The summed E-state index contributed by atoms with van der Waals surface area (Å²) >= 11 is 8.87. The van der Waals surface area contributed by atoms with Crippen LogP contribution < -0.4 is 5.32 Å². The molecule has 1 saturated carbocycles. The molecule has 0 atom stereocenters. The molecule has 4 heteroatoms. The van der Waals surface area contributed by atoms with Crippen molar-refractivity contribution >= 4 is 43.2 Å². The van der Waals surface area contributed by atoms with Crippen molar-refractivity contribution in [3.63, 3.8) is 0 Å². The third-order valence-electron chi connectivity index (χ3n) is 2.61. The Morgan fingerprint density at radius 2 is 2.13 bits per heavy atom. The Morgan fingerprint density at radius 1 is 1.33 bits per heavy atom. The van der Waals surface area contributed by atoms with E-state index < -0.39 is 0 Å². The minimum atomic E-state index is 0.854. The zero-order valence-electron chi connectivity index (χ0n) is 8.56. The van der Waals surface area contributed by atoms with Gasteiger partial charge < -0.3 is 5.32 Å². The number of hydrogen-bond donors (Lipinski definition) is 1. The molecule has 1 fully saturated rings. The van der Waals surface area contributed by atoms with Crippen molar-refractivity contribution in [2.75, 3.05) is 6.54 Å². The molecule has 1 heterocycles. The molecule has 0 aliphatic heterocycles. The Hall–Kier alpha value is 0.620. The highest BCUT2D eigenvalue weighted by Crippen LogP contribution is 2.32. The fraction of sp³-hybridized carbons (Fsp3) is 0.636. The van der Waals surface area contributed by atoms with Gasteiger partial charge in [0.25, 0.3) is 0 Å². The number of unbranched alkanes of at least 4 members (excludes halogenated alkanes) is 1. The van der Waals surface area contributed by atoms with Crippen molar-refractivity contribution in [3.8, 4) is 0 Å². The minimum absolute atomic E-state index is 0.854. The summed E-state index contributed by atoms with van der Waals surface area (Å²) in [6.07, 6.45) is 6.54. The van der Waals surface area contributed by atoms with E-state index in [2.05, 4.69) is 43.2 Å². The summed E-state index contributed by atoms with van der Waals surface area (Å²) in [4.78, 5) is 0. The fourth-order valence-electron chi connectivity index (χ4n) is 1.58. The molecule has 1 aliphatic carbocycles. The Labute approximate surface area is 112 Å². The van der Waals surface area contributed by atoms with Crippen LogP contribution in [-0.2, 0) is 6.42 Å². The summed E-state index contributed by atoms with van der Waals surface area (Å²) in [5.41, 5.74) is 1.44. The van der Waals surface area contributed by atoms with E-state index in [9.17, 15) is 0 Å². The Balaban J connectivity index is 1.62. The predicted octanol–water partition coefficient (Wildman–Crippen LogP) is 4.35. The van der Waals surface area contributed by atoms with Gasteiger partial charge >= 0.3 is 0 Å². The lowest BCUT2D eigenvalue weighted by atomic mass is 10.1. The molecule has 1 N–H and O–H groups in total. The molecule has 84 valence electrons. The van der Waals surface area contributed by atoms with Crippen LogP contribution in [0.25, 0.3) is 0 Å². The van der Waals surface area contributed by atoms with Gasteiger partial charge in [-0.15, -0.1) is 11.3 Å². The van der Waals surface area contributed by atoms with Crippen LogP contribution in [0.1, 0.15) is 31.2 Å². The SMILES string of the molecule is Brc1cc(CCCCNC2CC2)c(Br)s1. The van der Waals surface area contributed by atoms with Crippen LogP contribution in [0.15, 0.2) is 13.6 Å². The van der Waals surface area contributed by atoms with Crippen molar-refractivity contribution in [1.29, 1.82) is 0 Å². The van der Waals surface area contributed by atoms with Gasteiger partial charge in [0.2, 0.25) is 0 Å². The second-order valence-corrected chi connectivity index (χ2v) is 7.78. The van der Waals surface area contributed by atoms with Crippen LogP contribution >= 0.6 is 43.2 Å². The Kier molecular flexibility index (Phi) is 4.68. The van der Waals surface area contributed by atoms with E-state index in [0.29, 0.717) is 0 Å². The molecule has 1 aromatic rings. The second-order valence-electron chi connectivity index (χ2n) is 4.03. The molecule has 0 unspecified atom stereocenters. The van der Waals surface area contributed by atoms with Crippen molar-refractivity contribution in [2.24, 2.45) is 0 Å². The monoisotopic (exact) mass is 351 g/mol. The highest BCUT2D eigenvalue weighted by atomic mass is 79.9. The summed E-state index contributed by atoms with van der Waals surface area (Å²) in [7, 11) is 0. The molecule has 2 rings (SSSR count). The smallest absolute Gasteiger partial charge is 0.0742 e. The van der Waals surface area contributed by atoms with Crippen LogP contribution in [0.5, 0.6) is 0 Å². The normalized spacial score (nSPS) is 15.9. The van der Waals surface area contributed by atoms with Gasteiger partial charge in [0.1, 0.15) is 0 Å². The molecule has 0 radical (unpaired) electrons. The number of nitrogens with one attached hydrogen (secondary N) is 1. The zero-order chi connectivity index (χ0) is 10.7. The van der Waals surface area contributed by atoms with Gasteiger partial charge in [-0.1, -0.05) is 0 Å². The van der Waals surface area contributed by atoms with Gasteiger partial charge in [-0.3, -0.25) is 0 Å². The Bertz CT molecular complexity index is 320. The van der Waals surface area contributed by atoms with E-state index in [4.69, 9.17) is 0 Å². The summed E-state index contributed by atoms with van der Waals surface area (Å²) in [6.45, 7) is 1.19. The van der Waals surface area contributed by atoms with E-state index in [-0.39, 0.29) is 0 Å². The van der Waals surface area contributed by atoms with E-state index in [1.807, 2.05) is 0 Å². The highest BCUT2D eigenvalue weighted by Gasteiger charge is 2.19. The number of halogens is 2. The first-order chi connectivity index (χ1) is 7.25. The Morgan fingerprint density at radius 3 is 2.73 bits per heavy atom. The third-order valence-corrected chi connectivity index (χ3v) is 5.07. The van der Waals surface area contributed by atoms with E-state index >= 15 is 0 Å². The van der Waals surface area contributed by atoms with Gasteiger partial charge in [-0.2, -0.15) is 0 Å². The molecule has 1 aliphatic rings. The standard InChI is InChI=1S/C11H15Br2NS/c12-10-7-8(11(13)15-10)3-1-2-6-14-9-4-5-9/h7,9,14H,1-6H2. The summed E-state index contributed by atoms with van der Waals surface area (Å²) in [6, 6.07) is 3.08. The van der Waals surface area contributed by atoms with Gasteiger partial charge in [-0.05, 0) is 82.1 Å². The van der Waals surface area contributed by atoms with E-state index in [0.717, 1.165) is 6.04 Å². The first kappa shape index (κ1) is 12.1. The maximum Gasteiger partial charge on any atom is 0.0742 e. The van der Waals surface area contributed by atoms with Crippen LogP contribution in [0, 0.1) is 0 Å². The second kappa shape index (κ2) is 5.80. The molecular formula is C11H15Br2NS. The van der Waals surface area contributed by atoms with Crippen LogP contribution in [0.4, 0.5) is 0 Å². The average molecular weight is 353 g/mol. The number of rotatable bonds is 6. The molecule has 0 saturated heterocycles. The first-order valence-electron chi connectivity index (χ1n) is 5.43. The molecule has 0 bridgehead atoms. The van der Waals surface area contributed by atoms with E-state index in [1.54, 1.807) is 11.3 Å². The molecule has 15 heavy (non-hydrogen) atoms. The zero-order valence-corrected chi connectivity index (χ0v) is 12.6. The number of aryl methyl sites for hydroxylation is 1. The van der Waals surface area contributed by atoms with Crippen molar-refractivity contribution in [2.45, 2.75) is 38.1 Å². The van der Waals surface area contributed by atoms with Crippen molar-refractivity contribution in [3.05, 3.63) is 19.2 Å². The molecular weight excluding hydrogens is 338 g/mol. The van der Waals surface area contributed by atoms with Gasteiger partial charge in [0, 0.05) is 6.04 Å². The quantitative estimate of drug-likeness (QED) is 0.750. The van der Waals surface area contributed by atoms with Gasteiger partial charge in [0.15, 0.2) is 0 Å². The van der Waals surface area contributed by atoms with Crippen LogP contribution in [0.2, 0.25) is 0 Å². The highest BCUT2D eigenvalue weighted by molar-refractivity contribution is 9.12. The lowest BCUT2D eigenvalue weighted by Crippen LogP contribution is -2.17. The molecule has 0 amide bonds. The van der Waals surface area contributed by atoms with Gasteiger partial charge in [0.05, 0.1) is 7.57 Å². The predicted molar refractivity (Wildman–Crippen MR) is 73.7 cm³/mol. The van der Waals surface area contributed by atoms with Gasteiger partial charge in [-0.25, -0.2) is 0 Å². The maximum atomic E-state index is 3.59.